The molecule has 0 spiro atoms. The van der Waals surface area contributed by atoms with E-state index in [9.17, 15) is 13.2 Å². The summed E-state index contributed by atoms with van der Waals surface area (Å²) in [6.45, 7) is 2.12. The number of carbonyl (C=O) groups is 1. The second kappa shape index (κ2) is 9.04. The van der Waals surface area contributed by atoms with Crippen molar-refractivity contribution in [2.24, 2.45) is 0 Å². The summed E-state index contributed by atoms with van der Waals surface area (Å²) in [5.74, 6) is 0.436. The molecule has 0 saturated heterocycles. The van der Waals surface area contributed by atoms with Crippen LogP contribution in [0.2, 0.25) is 0 Å². The third kappa shape index (κ3) is 4.60. The van der Waals surface area contributed by atoms with Crippen molar-refractivity contribution >= 4 is 26.8 Å². The minimum Gasteiger partial charge on any atom is -0.468 e. The number of benzene rings is 2. The van der Waals surface area contributed by atoms with E-state index in [0.29, 0.717) is 22.2 Å². The van der Waals surface area contributed by atoms with E-state index in [1.807, 2.05) is 6.92 Å². The van der Waals surface area contributed by atoms with Gasteiger partial charge in [0.05, 0.1) is 23.2 Å². The first-order valence-corrected chi connectivity index (χ1v) is 12.6. The van der Waals surface area contributed by atoms with Crippen LogP contribution in [0.25, 0.3) is 10.9 Å². The largest absolute Gasteiger partial charge is 0.468 e. The molecule has 174 valence electrons. The van der Waals surface area contributed by atoms with E-state index in [-0.39, 0.29) is 29.9 Å². The molecule has 0 bridgehead atoms. The van der Waals surface area contributed by atoms with Crippen LogP contribution >= 0.6 is 0 Å². The van der Waals surface area contributed by atoms with Crippen molar-refractivity contribution in [3.8, 4) is 0 Å². The van der Waals surface area contributed by atoms with E-state index in [4.69, 9.17) is 4.42 Å². The van der Waals surface area contributed by atoms with E-state index in [1.54, 1.807) is 66.9 Å². The molecule has 1 aliphatic carbocycles. The van der Waals surface area contributed by atoms with Gasteiger partial charge in [-0.15, -0.1) is 0 Å². The molecule has 2 heterocycles. The molecule has 1 fully saturated rings. The zero-order valence-electron chi connectivity index (χ0n) is 18.8. The first-order chi connectivity index (χ1) is 16.4. The van der Waals surface area contributed by atoms with Gasteiger partial charge in [-0.1, -0.05) is 18.2 Å². The molecule has 1 aliphatic rings. The van der Waals surface area contributed by atoms with Gasteiger partial charge >= 0.3 is 0 Å². The molecule has 1 saturated carbocycles. The predicted octanol–water partition coefficient (Wildman–Crippen LogP) is 4.42. The Balaban J connectivity index is 1.48. The summed E-state index contributed by atoms with van der Waals surface area (Å²) in [5.41, 5.74) is 2.90. The van der Waals surface area contributed by atoms with Crippen LogP contribution in [0.1, 0.15) is 40.1 Å². The summed E-state index contributed by atoms with van der Waals surface area (Å²) >= 11 is 0. The van der Waals surface area contributed by atoms with Crippen molar-refractivity contribution in [3.05, 3.63) is 95.6 Å². The van der Waals surface area contributed by atoms with E-state index >= 15 is 0 Å². The lowest BCUT2D eigenvalue weighted by atomic mass is 10.1. The summed E-state index contributed by atoms with van der Waals surface area (Å²) in [5, 5.41) is 3.55. The van der Waals surface area contributed by atoms with Crippen molar-refractivity contribution in [3.63, 3.8) is 0 Å². The Bertz CT molecular complexity index is 1430. The van der Waals surface area contributed by atoms with Crippen LogP contribution in [0.15, 0.2) is 82.4 Å². The Labute approximate surface area is 198 Å². The zero-order chi connectivity index (χ0) is 23.7. The van der Waals surface area contributed by atoms with E-state index < -0.39 is 10.0 Å². The Morgan fingerprint density at radius 2 is 1.85 bits per heavy atom. The first-order valence-electron chi connectivity index (χ1n) is 11.2. The van der Waals surface area contributed by atoms with Crippen molar-refractivity contribution in [1.29, 1.82) is 0 Å². The van der Waals surface area contributed by atoms with Crippen LogP contribution in [-0.4, -0.2) is 29.7 Å². The quantitative estimate of drug-likeness (QED) is 0.407. The number of rotatable bonds is 8. The van der Waals surface area contributed by atoms with Crippen LogP contribution in [0.4, 0.5) is 0 Å². The van der Waals surface area contributed by atoms with E-state index in [2.05, 4.69) is 10.3 Å². The zero-order valence-corrected chi connectivity index (χ0v) is 19.6. The summed E-state index contributed by atoms with van der Waals surface area (Å²) in [6.07, 6.45) is 5.23. The Hall–Kier alpha value is -3.49. The normalized spacial score (nSPS) is 13.9. The van der Waals surface area contributed by atoms with Crippen molar-refractivity contribution in [2.45, 2.75) is 43.8 Å². The van der Waals surface area contributed by atoms with Crippen molar-refractivity contribution in [1.82, 2.24) is 14.6 Å². The van der Waals surface area contributed by atoms with Gasteiger partial charge in [0.2, 0.25) is 10.0 Å². The highest BCUT2D eigenvalue weighted by atomic mass is 32.2. The SMILES string of the molecule is Cc1ccc(S(=O)(=O)N(Cc2ccc(C(=O)NC3CC3)cc2)Cc2ccco2)c2cccnc12. The highest BCUT2D eigenvalue weighted by Gasteiger charge is 2.28. The minimum atomic E-state index is -3.90. The smallest absolute Gasteiger partial charge is 0.251 e. The van der Waals surface area contributed by atoms with Crippen molar-refractivity contribution in [2.75, 3.05) is 0 Å². The molecular weight excluding hydrogens is 450 g/mol. The number of hydrogen-bond donors (Lipinski definition) is 1. The average molecular weight is 476 g/mol. The maximum absolute atomic E-state index is 13.9. The van der Waals surface area contributed by atoms with Crippen LogP contribution in [0.3, 0.4) is 0 Å². The molecule has 34 heavy (non-hydrogen) atoms. The van der Waals surface area contributed by atoms with Crippen LogP contribution in [0, 0.1) is 6.92 Å². The lowest BCUT2D eigenvalue weighted by Crippen LogP contribution is -2.30. The number of nitrogens with zero attached hydrogens (tertiary/aromatic N) is 2. The minimum absolute atomic E-state index is 0.0783. The summed E-state index contributed by atoms with van der Waals surface area (Å²) in [6, 6.07) is 17.7. The number of nitrogens with one attached hydrogen (secondary N) is 1. The predicted molar refractivity (Wildman–Crippen MR) is 129 cm³/mol. The Kier molecular flexibility index (Phi) is 5.93. The van der Waals surface area contributed by atoms with Gasteiger partial charge in [0, 0.05) is 29.7 Å². The molecule has 2 aromatic heterocycles. The number of amides is 1. The first kappa shape index (κ1) is 22.3. The van der Waals surface area contributed by atoms with Gasteiger partial charge in [-0.25, -0.2) is 8.42 Å². The number of furan rings is 1. The van der Waals surface area contributed by atoms with E-state index in [0.717, 1.165) is 24.0 Å². The van der Waals surface area contributed by atoms with Crippen molar-refractivity contribution < 1.29 is 17.6 Å². The lowest BCUT2D eigenvalue weighted by molar-refractivity contribution is 0.0951. The lowest BCUT2D eigenvalue weighted by Gasteiger charge is -2.22. The van der Waals surface area contributed by atoms with Crippen LogP contribution < -0.4 is 5.32 Å². The van der Waals surface area contributed by atoms with Crippen LogP contribution in [-0.2, 0) is 23.1 Å². The standard InChI is InChI=1S/C26H25N3O4S/c1-18-6-13-24(23-5-2-14-27-25(18)23)34(31,32)29(17-22-4-3-15-33-22)16-19-7-9-20(10-8-19)26(30)28-21-11-12-21/h2-10,13-15,21H,11-12,16-17H2,1H3,(H,28,30). The summed E-state index contributed by atoms with van der Waals surface area (Å²) in [7, 11) is -3.90. The van der Waals surface area contributed by atoms with Crippen LogP contribution in [0.5, 0.6) is 0 Å². The fraction of sp³-hybridized carbons (Fsp3) is 0.231. The molecule has 0 radical (unpaired) electrons. The van der Waals surface area contributed by atoms with Gasteiger partial charge in [-0.05, 0) is 73.4 Å². The summed E-state index contributed by atoms with van der Waals surface area (Å²) in [4.78, 5) is 16.9. The molecule has 4 aromatic rings. The topological polar surface area (TPSA) is 92.5 Å². The molecule has 0 aliphatic heterocycles. The van der Waals surface area contributed by atoms with Gasteiger partial charge in [0.1, 0.15) is 5.76 Å². The third-order valence-corrected chi connectivity index (χ3v) is 7.80. The van der Waals surface area contributed by atoms with Gasteiger partial charge in [0.25, 0.3) is 5.91 Å². The second-order valence-corrected chi connectivity index (χ2v) is 10.5. The number of aromatic nitrogens is 1. The number of aryl methyl sites for hydroxylation is 1. The molecule has 5 rings (SSSR count). The fourth-order valence-electron chi connectivity index (χ4n) is 3.92. The molecule has 0 unspecified atom stereocenters. The number of carbonyl (C=O) groups excluding carboxylic acids is 1. The molecule has 0 atom stereocenters. The fourth-order valence-corrected chi connectivity index (χ4v) is 5.49. The Morgan fingerprint density at radius 1 is 1.06 bits per heavy atom. The average Bonchev–Trinajstić information content (AvgIpc) is 3.50. The van der Waals surface area contributed by atoms with Gasteiger partial charge in [0.15, 0.2) is 0 Å². The molecule has 7 nitrogen and oxygen atoms in total. The maximum atomic E-state index is 13.9. The van der Waals surface area contributed by atoms with Gasteiger partial charge < -0.3 is 9.73 Å². The summed E-state index contributed by atoms with van der Waals surface area (Å²) < 4.78 is 34.6. The molecule has 1 N–H and O–H groups in total. The van der Waals surface area contributed by atoms with Gasteiger partial charge in [-0.2, -0.15) is 4.31 Å². The molecule has 1 amide bonds. The number of hydrogen-bond acceptors (Lipinski definition) is 5. The molecule has 8 heteroatoms. The number of sulfonamides is 1. The third-order valence-electron chi connectivity index (χ3n) is 5.95. The maximum Gasteiger partial charge on any atom is 0.251 e. The van der Waals surface area contributed by atoms with Gasteiger partial charge in [-0.3, -0.25) is 9.78 Å². The number of pyridine rings is 1. The second-order valence-electron chi connectivity index (χ2n) is 8.58. The Morgan fingerprint density at radius 3 is 2.56 bits per heavy atom. The number of fused-ring (bicyclic) bond motifs is 1. The van der Waals surface area contributed by atoms with E-state index in [1.165, 1.54) is 10.6 Å². The monoisotopic (exact) mass is 475 g/mol. The molecule has 2 aromatic carbocycles. The highest BCUT2D eigenvalue weighted by molar-refractivity contribution is 7.89. The molecular formula is C26H25N3O4S. The highest BCUT2D eigenvalue weighted by Crippen LogP contribution is 2.29.